The second-order valence-corrected chi connectivity index (χ2v) is 7.15. The highest BCUT2D eigenvalue weighted by molar-refractivity contribution is 6.10. The van der Waals surface area contributed by atoms with Gasteiger partial charge in [-0.2, -0.15) is 0 Å². The highest BCUT2D eigenvalue weighted by Gasteiger charge is 2.21. The molecular formula is C24H13N3. The Kier molecular flexibility index (Phi) is 2.25. The van der Waals surface area contributed by atoms with Gasteiger partial charge in [0, 0.05) is 44.1 Å². The molecule has 0 unspecified atom stereocenters. The zero-order valence-electron chi connectivity index (χ0n) is 14.3. The fraction of sp³-hybridized carbons (Fsp3) is 0. The van der Waals surface area contributed by atoms with Gasteiger partial charge in [0.25, 0.3) is 0 Å². The van der Waals surface area contributed by atoms with E-state index in [2.05, 4.69) is 65.6 Å². The van der Waals surface area contributed by atoms with E-state index in [0.717, 1.165) is 33.1 Å². The molecule has 1 N–H and O–H groups in total. The van der Waals surface area contributed by atoms with Crippen LogP contribution in [0.2, 0.25) is 0 Å². The van der Waals surface area contributed by atoms with Crippen LogP contribution in [0, 0.1) is 0 Å². The number of nitrogens with one attached hydrogen (secondary N) is 1. The molecule has 0 fully saturated rings. The molecule has 0 atom stereocenters. The molecular weight excluding hydrogens is 330 g/mol. The number of para-hydroxylation sites is 2. The van der Waals surface area contributed by atoms with E-state index in [-0.39, 0.29) is 0 Å². The van der Waals surface area contributed by atoms with Gasteiger partial charge in [-0.05, 0) is 24.3 Å². The normalized spacial score (nSPS) is 13.0. The largest absolute Gasteiger partial charge is 0.354 e. The molecule has 0 amide bonds. The van der Waals surface area contributed by atoms with Crippen LogP contribution in [0.1, 0.15) is 0 Å². The molecule has 0 aliphatic carbocycles. The van der Waals surface area contributed by atoms with Gasteiger partial charge in [0.1, 0.15) is 0 Å². The first-order valence-corrected chi connectivity index (χ1v) is 9.12. The highest BCUT2D eigenvalue weighted by atomic mass is 14.8. The predicted molar refractivity (Wildman–Crippen MR) is 108 cm³/mol. The van der Waals surface area contributed by atoms with Crippen molar-refractivity contribution in [2.75, 3.05) is 0 Å². The van der Waals surface area contributed by atoms with Crippen molar-refractivity contribution in [1.82, 2.24) is 4.98 Å². The van der Waals surface area contributed by atoms with Gasteiger partial charge >= 0.3 is 0 Å². The summed E-state index contributed by atoms with van der Waals surface area (Å²) in [6.07, 6.45) is 0. The Balaban J connectivity index is 1.72. The lowest BCUT2D eigenvalue weighted by Gasteiger charge is -1.99. The molecule has 3 heterocycles. The van der Waals surface area contributed by atoms with Crippen molar-refractivity contribution in [3.63, 3.8) is 0 Å². The van der Waals surface area contributed by atoms with Crippen LogP contribution in [0.25, 0.3) is 44.1 Å². The minimum Gasteiger partial charge on any atom is -0.354 e. The van der Waals surface area contributed by atoms with Gasteiger partial charge in [0.15, 0.2) is 0 Å². The van der Waals surface area contributed by atoms with Gasteiger partial charge < -0.3 is 4.98 Å². The van der Waals surface area contributed by atoms with E-state index in [9.17, 15) is 0 Å². The Morgan fingerprint density at radius 3 is 1.48 bits per heavy atom. The molecule has 2 aliphatic heterocycles. The first-order chi connectivity index (χ1) is 13.4. The number of rotatable bonds is 0. The quantitative estimate of drug-likeness (QED) is 0.394. The molecule has 3 heteroatoms. The van der Waals surface area contributed by atoms with Crippen molar-refractivity contribution < 1.29 is 0 Å². The molecule has 0 radical (unpaired) electrons. The lowest BCUT2D eigenvalue weighted by atomic mass is 10.0. The van der Waals surface area contributed by atoms with Crippen LogP contribution in [0.15, 0.2) is 82.8 Å². The Morgan fingerprint density at radius 1 is 0.481 bits per heavy atom. The summed E-state index contributed by atoms with van der Waals surface area (Å²) in [5, 5.41) is 4.46. The van der Waals surface area contributed by atoms with Crippen LogP contribution in [-0.4, -0.2) is 4.98 Å². The lowest BCUT2D eigenvalue weighted by Crippen LogP contribution is -2.07. The first-order valence-electron chi connectivity index (χ1n) is 9.12. The molecule has 27 heavy (non-hydrogen) atoms. The molecule has 4 aromatic carbocycles. The maximum Gasteiger partial charge on any atom is 0.0817 e. The van der Waals surface area contributed by atoms with Gasteiger partial charge in [0.05, 0.1) is 22.1 Å². The lowest BCUT2D eigenvalue weighted by molar-refractivity contribution is 1.44. The maximum absolute atomic E-state index is 4.98. The second kappa shape index (κ2) is 4.51. The molecule has 2 aliphatic rings. The Morgan fingerprint density at radius 2 is 0.963 bits per heavy atom. The van der Waals surface area contributed by atoms with E-state index in [1.54, 1.807) is 0 Å². The van der Waals surface area contributed by atoms with Crippen LogP contribution in [0.5, 0.6) is 0 Å². The van der Waals surface area contributed by atoms with Crippen LogP contribution in [-0.2, 0) is 0 Å². The van der Waals surface area contributed by atoms with Gasteiger partial charge in [0.2, 0.25) is 0 Å². The molecule has 1 aromatic heterocycles. The van der Waals surface area contributed by atoms with Gasteiger partial charge in [-0.3, -0.25) is 0 Å². The van der Waals surface area contributed by atoms with Crippen LogP contribution in [0.4, 0.5) is 11.4 Å². The topological polar surface area (TPSA) is 40.5 Å². The number of hydrogen-bond acceptors (Lipinski definition) is 2. The summed E-state index contributed by atoms with van der Waals surface area (Å²) in [4.78, 5) is 13.5. The molecule has 0 bridgehead atoms. The van der Waals surface area contributed by atoms with Crippen molar-refractivity contribution >= 4 is 33.2 Å². The van der Waals surface area contributed by atoms with Crippen molar-refractivity contribution in [3.8, 4) is 22.3 Å². The summed E-state index contributed by atoms with van der Waals surface area (Å²) in [6, 6.07) is 25.4. The van der Waals surface area contributed by atoms with E-state index in [0.29, 0.717) is 0 Å². The smallest absolute Gasteiger partial charge is 0.0817 e. The Labute approximate surface area is 154 Å². The third-order valence-electron chi connectivity index (χ3n) is 5.73. The number of benzene rings is 4. The number of H-pyrrole nitrogens is 1. The van der Waals surface area contributed by atoms with Gasteiger partial charge in [-0.1, -0.05) is 48.5 Å². The fourth-order valence-electron chi connectivity index (χ4n) is 4.55. The fourth-order valence-corrected chi connectivity index (χ4v) is 4.55. The van der Waals surface area contributed by atoms with Crippen LogP contribution in [0.3, 0.4) is 0 Å². The minimum atomic E-state index is 1.04. The third-order valence-corrected chi connectivity index (χ3v) is 5.73. The summed E-state index contributed by atoms with van der Waals surface area (Å²) < 4.78 is 0. The molecule has 5 aromatic rings. The van der Waals surface area contributed by atoms with Crippen molar-refractivity contribution in [2.45, 2.75) is 0 Å². The predicted octanol–water partition coefficient (Wildman–Crippen LogP) is 5.18. The number of aromatic amines is 1. The number of aromatic nitrogens is 1. The monoisotopic (exact) mass is 343 g/mol. The molecule has 0 spiro atoms. The van der Waals surface area contributed by atoms with Crippen molar-refractivity contribution in [1.29, 1.82) is 0 Å². The van der Waals surface area contributed by atoms with Crippen LogP contribution < -0.4 is 10.7 Å². The van der Waals surface area contributed by atoms with Gasteiger partial charge in [-0.15, -0.1) is 0 Å². The molecule has 0 saturated carbocycles. The van der Waals surface area contributed by atoms with E-state index in [1.807, 2.05) is 12.1 Å². The van der Waals surface area contributed by atoms with Crippen LogP contribution >= 0.6 is 0 Å². The average molecular weight is 343 g/mol. The number of hydrogen-bond donors (Lipinski definition) is 1. The first kappa shape index (κ1) is 13.5. The van der Waals surface area contributed by atoms with Crippen molar-refractivity contribution in [2.24, 2.45) is 9.98 Å². The van der Waals surface area contributed by atoms with E-state index >= 15 is 0 Å². The molecule has 7 rings (SSSR count). The summed E-state index contributed by atoms with van der Waals surface area (Å²) in [5.74, 6) is 0. The molecule has 0 saturated heterocycles. The third kappa shape index (κ3) is 1.57. The zero-order valence-corrected chi connectivity index (χ0v) is 14.3. The summed E-state index contributed by atoms with van der Waals surface area (Å²) in [6.45, 7) is 0. The SMILES string of the molecule is c1ccc2c(c1)N=c1c-2ccc2[nH]c3ccc4c(c3c12)=Nc1ccccc1-4. The Hall–Kier alpha value is -3.72. The standard InChI is InChI=1S/C24H13N3/c1-3-7-17-13(5-1)15-9-11-19-21(23(15)26-17)22-20(25-19)12-10-16-14-6-2-4-8-18(14)27-24(16)22/h1-12,25H. The summed E-state index contributed by atoms with van der Waals surface area (Å²) >= 11 is 0. The average Bonchev–Trinajstić information content (AvgIpc) is 3.37. The molecule has 124 valence electrons. The minimum absolute atomic E-state index is 1.04. The van der Waals surface area contributed by atoms with Crippen molar-refractivity contribution in [3.05, 3.63) is 83.5 Å². The van der Waals surface area contributed by atoms with E-state index in [4.69, 9.17) is 9.98 Å². The van der Waals surface area contributed by atoms with Gasteiger partial charge in [-0.25, -0.2) is 9.98 Å². The summed E-state index contributed by atoms with van der Waals surface area (Å²) in [7, 11) is 0. The highest BCUT2D eigenvalue weighted by Crippen LogP contribution is 2.37. The Bertz CT molecular complexity index is 1450. The van der Waals surface area contributed by atoms with E-state index < -0.39 is 0 Å². The van der Waals surface area contributed by atoms with E-state index in [1.165, 1.54) is 33.0 Å². The molecule has 3 nitrogen and oxygen atoms in total. The number of fused-ring (bicyclic) bond motifs is 11. The maximum atomic E-state index is 4.98. The second-order valence-electron chi connectivity index (χ2n) is 7.15. The number of nitrogens with zero attached hydrogens (tertiary/aromatic N) is 2. The summed E-state index contributed by atoms with van der Waals surface area (Å²) in [5.41, 5.74) is 9.12. The zero-order chi connectivity index (χ0) is 17.5.